The summed E-state index contributed by atoms with van der Waals surface area (Å²) in [5.74, 6) is 0. The second kappa shape index (κ2) is 8.20. The van der Waals surface area contributed by atoms with Crippen molar-refractivity contribution in [3.05, 3.63) is 30.1 Å². The molecule has 3 heteroatoms. The molecule has 1 unspecified atom stereocenters. The summed E-state index contributed by atoms with van der Waals surface area (Å²) in [6, 6.07) is 6.73. The number of rotatable bonds is 8. The van der Waals surface area contributed by atoms with Crippen LogP contribution in [0.5, 0.6) is 0 Å². The van der Waals surface area contributed by atoms with Gasteiger partial charge in [0.25, 0.3) is 0 Å². The highest BCUT2D eigenvalue weighted by molar-refractivity contribution is 5.02. The van der Waals surface area contributed by atoms with Gasteiger partial charge in [0, 0.05) is 18.8 Å². The summed E-state index contributed by atoms with van der Waals surface area (Å²) in [6.45, 7) is 4.33. The zero-order chi connectivity index (χ0) is 12.5. The second-order valence-corrected chi connectivity index (χ2v) is 4.74. The number of pyridine rings is 1. The predicted octanol–water partition coefficient (Wildman–Crippen LogP) is 2.29. The minimum Gasteiger partial charge on any atom is -0.317 e. The van der Waals surface area contributed by atoms with Gasteiger partial charge in [-0.15, -0.1) is 0 Å². The van der Waals surface area contributed by atoms with Crippen LogP contribution < -0.4 is 5.32 Å². The van der Waals surface area contributed by atoms with Crippen LogP contribution in [0.4, 0.5) is 0 Å². The first-order valence-corrected chi connectivity index (χ1v) is 6.48. The molecule has 0 spiro atoms. The van der Waals surface area contributed by atoms with Gasteiger partial charge in [-0.25, -0.2) is 0 Å². The van der Waals surface area contributed by atoms with Crippen molar-refractivity contribution in [3.8, 4) is 0 Å². The van der Waals surface area contributed by atoms with Crippen molar-refractivity contribution < 1.29 is 0 Å². The highest BCUT2D eigenvalue weighted by Gasteiger charge is 2.02. The number of hydrogen-bond acceptors (Lipinski definition) is 3. The molecule has 0 radical (unpaired) electrons. The summed E-state index contributed by atoms with van der Waals surface area (Å²) in [6.07, 6.45) is 5.66. The van der Waals surface area contributed by atoms with Gasteiger partial charge in [0.1, 0.15) is 0 Å². The third kappa shape index (κ3) is 6.39. The standard InChI is InChI=1S/C14H25N3/c1-13(15-2)8-5-7-11-17(3)12-14-9-4-6-10-16-14/h4,6,9-10,13,15H,5,7-8,11-12H2,1-3H3. The summed E-state index contributed by atoms with van der Waals surface area (Å²) in [4.78, 5) is 6.68. The molecule has 1 N–H and O–H groups in total. The highest BCUT2D eigenvalue weighted by atomic mass is 15.1. The zero-order valence-electron chi connectivity index (χ0n) is 11.3. The van der Waals surface area contributed by atoms with Gasteiger partial charge < -0.3 is 10.2 Å². The van der Waals surface area contributed by atoms with Gasteiger partial charge in [0.05, 0.1) is 5.69 Å². The first-order chi connectivity index (χ1) is 8.22. The first-order valence-electron chi connectivity index (χ1n) is 6.48. The Morgan fingerprint density at radius 3 is 2.82 bits per heavy atom. The average Bonchev–Trinajstić information content (AvgIpc) is 2.35. The van der Waals surface area contributed by atoms with Crippen LogP contribution in [0.1, 0.15) is 31.9 Å². The lowest BCUT2D eigenvalue weighted by atomic mass is 10.1. The molecule has 0 amide bonds. The van der Waals surface area contributed by atoms with Crippen LogP contribution in [0.25, 0.3) is 0 Å². The van der Waals surface area contributed by atoms with Gasteiger partial charge in [-0.1, -0.05) is 12.5 Å². The van der Waals surface area contributed by atoms with Gasteiger partial charge in [-0.3, -0.25) is 4.98 Å². The molecule has 96 valence electrons. The number of nitrogens with zero attached hydrogens (tertiary/aromatic N) is 2. The summed E-state index contributed by atoms with van der Waals surface area (Å²) < 4.78 is 0. The molecular formula is C14H25N3. The van der Waals surface area contributed by atoms with Crippen molar-refractivity contribution in [2.24, 2.45) is 0 Å². The van der Waals surface area contributed by atoms with E-state index in [9.17, 15) is 0 Å². The van der Waals surface area contributed by atoms with Crippen LogP contribution >= 0.6 is 0 Å². The zero-order valence-corrected chi connectivity index (χ0v) is 11.3. The highest BCUT2D eigenvalue weighted by Crippen LogP contribution is 2.04. The summed E-state index contributed by atoms with van der Waals surface area (Å²) in [5.41, 5.74) is 1.15. The maximum absolute atomic E-state index is 4.34. The van der Waals surface area contributed by atoms with Crippen molar-refractivity contribution >= 4 is 0 Å². The van der Waals surface area contributed by atoms with Crippen LogP contribution in [-0.2, 0) is 6.54 Å². The monoisotopic (exact) mass is 235 g/mol. The summed E-state index contributed by atoms with van der Waals surface area (Å²) in [7, 11) is 4.19. The molecular weight excluding hydrogens is 210 g/mol. The molecule has 1 aromatic rings. The van der Waals surface area contributed by atoms with E-state index in [1.807, 2.05) is 25.4 Å². The van der Waals surface area contributed by atoms with Crippen molar-refractivity contribution in [2.75, 3.05) is 20.6 Å². The Bertz CT molecular complexity index is 287. The smallest absolute Gasteiger partial charge is 0.0543 e. The molecule has 0 aliphatic carbocycles. The van der Waals surface area contributed by atoms with Gasteiger partial charge in [0.2, 0.25) is 0 Å². The Morgan fingerprint density at radius 1 is 1.35 bits per heavy atom. The Kier molecular flexibility index (Phi) is 6.82. The van der Waals surface area contributed by atoms with Gasteiger partial charge in [-0.2, -0.15) is 0 Å². The maximum Gasteiger partial charge on any atom is 0.0543 e. The minimum atomic E-state index is 0.635. The fourth-order valence-corrected chi connectivity index (χ4v) is 1.82. The summed E-state index contributed by atoms with van der Waals surface area (Å²) >= 11 is 0. The first kappa shape index (κ1) is 14.1. The van der Waals surface area contributed by atoms with Crippen molar-refractivity contribution in [3.63, 3.8) is 0 Å². The lowest BCUT2D eigenvalue weighted by Crippen LogP contribution is -2.22. The number of hydrogen-bond donors (Lipinski definition) is 1. The van der Waals surface area contributed by atoms with Crippen LogP contribution in [0, 0.1) is 0 Å². The molecule has 1 heterocycles. The third-order valence-corrected chi connectivity index (χ3v) is 3.08. The van der Waals surface area contributed by atoms with E-state index in [0.29, 0.717) is 6.04 Å². The van der Waals surface area contributed by atoms with Crippen LogP contribution in [-0.4, -0.2) is 36.6 Å². The quantitative estimate of drug-likeness (QED) is 0.701. The van der Waals surface area contributed by atoms with E-state index in [0.717, 1.165) is 18.8 Å². The maximum atomic E-state index is 4.34. The van der Waals surface area contributed by atoms with Crippen molar-refractivity contribution in [1.82, 2.24) is 15.2 Å². The fourth-order valence-electron chi connectivity index (χ4n) is 1.82. The molecule has 0 aromatic carbocycles. The predicted molar refractivity (Wildman–Crippen MR) is 72.9 cm³/mol. The van der Waals surface area contributed by atoms with Crippen LogP contribution in [0.2, 0.25) is 0 Å². The largest absolute Gasteiger partial charge is 0.317 e. The topological polar surface area (TPSA) is 28.2 Å². The molecule has 0 saturated heterocycles. The van der Waals surface area contributed by atoms with E-state index in [4.69, 9.17) is 0 Å². The second-order valence-electron chi connectivity index (χ2n) is 4.74. The lowest BCUT2D eigenvalue weighted by molar-refractivity contribution is 0.311. The number of unbranched alkanes of at least 4 members (excludes halogenated alkanes) is 1. The van der Waals surface area contributed by atoms with Gasteiger partial charge in [-0.05, 0) is 52.5 Å². The fraction of sp³-hybridized carbons (Fsp3) is 0.643. The SMILES string of the molecule is CNC(C)CCCCN(C)Cc1ccccn1. The molecule has 0 aliphatic rings. The number of nitrogens with one attached hydrogen (secondary N) is 1. The molecule has 0 fully saturated rings. The summed E-state index contributed by atoms with van der Waals surface area (Å²) in [5, 5.41) is 3.27. The van der Waals surface area contributed by atoms with Crippen molar-refractivity contribution in [1.29, 1.82) is 0 Å². The molecule has 1 atom stereocenters. The molecule has 1 aromatic heterocycles. The normalized spacial score (nSPS) is 12.9. The molecule has 0 bridgehead atoms. The third-order valence-electron chi connectivity index (χ3n) is 3.08. The van der Waals surface area contributed by atoms with Gasteiger partial charge in [0.15, 0.2) is 0 Å². The molecule has 0 aliphatic heterocycles. The molecule has 1 rings (SSSR count). The van der Waals surface area contributed by atoms with E-state index in [1.165, 1.54) is 19.3 Å². The van der Waals surface area contributed by atoms with E-state index < -0.39 is 0 Å². The number of aromatic nitrogens is 1. The lowest BCUT2D eigenvalue weighted by Gasteiger charge is -2.16. The van der Waals surface area contributed by atoms with Crippen LogP contribution in [0.3, 0.4) is 0 Å². The van der Waals surface area contributed by atoms with Crippen LogP contribution in [0.15, 0.2) is 24.4 Å². The van der Waals surface area contributed by atoms with Crippen molar-refractivity contribution in [2.45, 2.75) is 38.8 Å². The Labute approximate surface area is 105 Å². The Hall–Kier alpha value is -0.930. The average molecular weight is 235 g/mol. The molecule has 0 saturated carbocycles. The Morgan fingerprint density at radius 2 is 2.18 bits per heavy atom. The molecule has 3 nitrogen and oxygen atoms in total. The van der Waals surface area contributed by atoms with E-state index in [1.54, 1.807) is 0 Å². The van der Waals surface area contributed by atoms with Gasteiger partial charge >= 0.3 is 0 Å². The minimum absolute atomic E-state index is 0.635. The molecule has 17 heavy (non-hydrogen) atoms. The van der Waals surface area contributed by atoms with E-state index in [2.05, 4.69) is 35.2 Å². The van der Waals surface area contributed by atoms with E-state index >= 15 is 0 Å². The Balaban J connectivity index is 2.11. The van der Waals surface area contributed by atoms with E-state index in [-0.39, 0.29) is 0 Å².